The van der Waals surface area contributed by atoms with E-state index in [9.17, 15) is 5.11 Å². The van der Waals surface area contributed by atoms with Crippen LogP contribution in [0.15, 0.2) is 11.6 Å². The van der Waals surface area contributed by atoms with E-state index < -0.39 is 6.10 Å². The summed E-state index contributed by atoms with van der Waals surface area (Å²) in [6, 6.07) is 0. The molecular weight excluding hydrogens is 160 g/mol. The van der Waals surface area contributed by atoms with Gasteiger partial charge in [-0.05, 0) is 18.8 Å². The largest absolute Gasteiger partial charge is 0.387 e. The van der Waals surface area contributed by atoms with Crippen LogP contribution in [0.5, 0.6) is 0 Å². The molecule has 0 amide bonds. The predicted octanol–water partition coefficient (Wildman–Crippen LogP) is 2.68. The van der Waals surface area contributed by atoms with E-state index in [1.807, 2.05) is 0 Å². The van der Waals surface area contributed by atoms with Crippen molar-refractivity contribution >= 4 is 11.6 Å². The molecule has 2 heteroatoms. The molecule has 1 fully saturated rings. The smallest absolute Gasteiger partial charge is 0.0917 e. The lowest BCUT2D eigenvalue weighted by molar-refractivity contribution is 0.121. The first-order valence-electron chi connectivity index (χ1n) is 4.24. The zero-order valence-electron chi connectivity index (χ0n) is 6.72. The third-order valence-corrected chi connectivity index (χ3v) is 2.64. The molecule has 1 rings (SSSR count). The van der Waals surface area contributed by atoms with Gasteiger partial charge in [0, 0.05) is 5.03 Å². The summed E-state index contributed by atoms with van der Waals surface area (Å²) < 4.78 is 0. The minimum absolute atomic E-state index is 0.369. The van der Waals surface area contributed by atoms with Crippen molar-refractivity contribution in [3.8, 4) is 0 Å². The lowest BCUT2D eigenvalue weighted by atomic mass is 9.85. The van der Waals surface area contributed by atoms with Gasteiger partial charge in [0.1, 0.15) is 0 Å². The van der Waals surface area contributed by atoms with E-state index in [-0.39, 0.29) is 0 Å². The van der Waals surface area contributed by atoms with Gasteiger partial charge in [-0.3, -0.25) is 0 Å². The first kappa shape index (κ1) is 9.08. The molecule has 1 nitrogen and oxygen atoms in total. The molecule has 0 radical (unpaired) electrons. The van der Waals surface area contributed by atoms with Crippen LogP contribution in [-0.4, -0.2) is 11.2 Å². The molecule has 1 saturated carbocycles. The van der Waals surface area contributed by atoms with E-state index >= 15 is 0 Å². The molecule has 1 unspecified atom stereocenters. The van der Waals surface area contributed by atoms with Crippen LogP contribution in [0.4, 0.5) is 0 Å². The Bertz CT molecular complexity index is 138. The number of rotatable bonds is 2. The molecule has 0 aromatic heterocycles. The number of hydrogen-bond donors (Lipinski definition) is 1. The van der Waals surface area contributed by atoms with Crippen LogP contribution in [0.2, 0.25) is 0 Å². The molecule has 1 aliphatic carbocycles. The molecule has 1 N–H and O–H groups in total. The number of aliphatic hydroxyl groups is 1. The third-order valence-electron chi connectivity index (χ3n) is 2.42. The Hall–Kier alpha value is -0.0100. The Labute approximate surface area is 73.1 Å². The monoisotopic (exact) mass is 174 g/mol. The quantitative estimate of drug-likeness (QED) is 0.683. The van der Waals surface area contributed by atoms with Crippen LogP contribution >= 0.6 is 11.6 Å². The molecule has 0 aliphatic heterocycles. The van der Waals surface area contributed by atoms with Crippen molar-refractivity contribution in [3.63, 3.8) is 0 Å². The highest BCUT2D eigenvalue weighted by Gasteiger charge is 2.22. The Balaban J connectivity index is 2.38. The first-order chi connectivity index (χ1) is 5.22. The van der Waals surface area contributed by atoms with Crippen LogP contribution < -0.4 is 0 Å². The lowest BCUT2D eigenvalue weighted by Crippen LogP contribution is -2.22. The minimum atomic E-state index is -0.475. The van der Waals surface area contributed by atoms with Gasteiger partial charge in [-0.25, -0.2) is 0 Å². The normalized spacial score (nSPS) is 23.1. The van der Waals surface area contributed by atoms with Gasteiger partial charge in [0.05, 0.1) is 6.10 Å². The van der Waals surface area contributed by atoms with Gasteiger partial charge >= 0.3 is 0 Å². The summed E-state index contributed by atoms with van der Waals surface area (Å²) in [6.07, 6.45) is 5.49. The van der Waals surface area contributed by atoms with Crippen molar-refractivity contribution in [3.05, 3.63) is 11.6 Å². The van der Waals surface area contributed by atoms with Crippen molar-refractivity contribution in [1.29, 1.82) is 0 Å². The van der Waals surface area contributed by atoms with Gasteiger partial charge in [-0.1, -0.05) is 37.4 Å². The number of halogens is 1. The van der Waals surface area contributed by atoms with Crippen LogP contribution in [0.3, 0.4) is 0 Å². The summed E-state index contributed by atoms with van der Waals surface area (Å²) in [5.74, 6) is 0.369. The fraction of sp³-hybridized carbons (Fsp3) is 0.778. The standard InChI is InChI=1S/C9H15ClO/c1-7(10)9(11)8-5-3-2-4-6-8/h8-9,11H,1-6H2. The molecule has 64 valence electrons. The number of aliphatic hydroxyl groups excluding tert-OH is 1. The summed E-state index contributed by atoms with van der Waals surface area (Å²) in [6.45, 7) is 3.55. The van der Waals surface area contributed by atoms with Crippen molar-refractivity contribution < 1.29 is 5.11 Å². The second-order valence-corrected chi connectivity index (χ2v) is 3.78. The van der Waals surface area contributed by atoms with E-state index in [1.165, 1.54) is 19.3 Å². The van der Waals surface area contributed by atoms with E-state index in [2.05, 4.69) is 6.58 Å². The van der Waals surface area contributed by atoms with E-state index in [0.29, 0.717) is 11.0 Å². The van der Waals surface area contributed by atoms with Crippen LogP contribution in [0, 0.1) is 5.92 Å². The van der Waals surface area contributed by atoms with Gasteiger partial charge in [0.15, 0.2) is 0 Å². The first-order valence-corrected chi connectivity index (χ1v) is 4.62. The van der Waals surface area contributed by atoms with Gasteiger partial charge in [-0.2, -0.15) is 0 Å². The summed E-state index contributed by atoms with van der Waals surface area (Å²) in [5, 5.41) is 9.92. The Kier molecular flexibility index (Phi) is 3.41. The third kappa shape index (κ3) is 2.49. The average Bonchev–Trinajstić information content (AvgIpc) is 2.05. The van der Waals surface area contributed by atoms with Crippen LogP contribution in [0.25, 0.3) is 0 Å². The minimum Gasteiger partial charge on any atom is -0.387 e. The topological polar surface area (TPSA) is 20.2 Å². The van der Waals surface area contributed by atoms with E-state index in [4.69, 9.17) is 11.6 Å². The maximum atomic E-state index is 9.52. The molecule has 0 spiro atoms. The van der Waals surface area contributed by atoms with Gasteiger partial charge in [-0.15, -0.1) is 0 Å². The van der Waals surface area contributed by atoms with Gasteiger partial charge in [0.25, 0.3) is 0 Å². The predicted molar refractivity (Wildman–Crippen MR) is 47.6 cm³/mol. The molecule has 11 heavy (non-hydrogen) atoms. The second-order valence-electron chi connectivity index (χ2n) is 3.29. The molecule has 0 saturated heterocycles. The SMILES string of the molecule is C=C(Cl)C(O)C1CCCCC1. The van der Waals surface area contributed by atoms with Crippen molar-refractivity contribution in [2.75, 3.05) is 0 Å². The zero-order valence-corrected chi connectivity index (χ0v) is 7.48. The Morgan fingerprint density at radius 2 is 1.91 bits per heavy atom. The maximum Gasteiger partial charge on any atom is 0.0917 e. The summed E-state index contributed by atoms with van der Waals surface area (Å²) in [4.78, 5) is 0. The maximum absolute atomic E-state index is 9.52. The Morgan fingerprint density at radius 1 is 1.36 bits per heavy atom. The molecule has 0 aromatic carbocycles. The number of hydrogen-bond acceptors (Lipinski definition) is 1. The highest BCUT2D eigenvalue weighted by molar-refractivity contribution is 6.29. The molecule has 1 atom stereocenters. The molecular formula is C9H15ClO. The highest BCUT2D eigenvalue weighted by atomic mass is 35.5. The molecule has 0 heterocycles. The summed E-state index contributed by atoms with van der Waals surface area (Å²) in [7, 11) is 0. The van der Waals surface area contributed by atoms with E-state index in [1.54, 1.807) is 0 Å². The van der Waals surface area contributed by atoms with E-state index in [0.717, 1.165) is 12.8 Å². The average molecular weight is 175 g/mol. The van der Waals surface area contributed by atoms with Gasteiger partial charge in [0.2, 0.25) is 0 Å². The zero-order chi connectivity index (χ0) is 8.27. The van der Waals surface area contributed by atoms with Crippen molar-refractivity contribution in [2.24, 2.45) is 5.92 Å². The summed E-state index contributed by atoms with van der Waals surface area (Å²) >= 11 is 5.62. The van der Waals surface area contributed by atoms with Crippen LogP contribution in [-0.2, 0) is 0 Å². The molecule has 0 aromatic rings. The molecule has 1 aliphatic rings. The fourth-order valence-electron chi connectivity index (χ4n) is 1.71. The second kappa shape index (κ2) is 4.13. The summed E-state index contributed by atoms with van der Waals surface area (Å²) in [5.41, 5.74) is 0. The molecule has 0 bridgehead atoms. The highest BCUT2D eigenvalue weighted by Crippen LogP contribution is 2.29. The Morgan fingerprint density at radius 3 is 2.36 bits per heavy atom. The fourth-order valence-corrected chi connectivity index (χ4v) is 1.88. The van der Waals surface area contributed by atoms with Gasteiger partial charge < -0.3 is 5.11 Å². The lowest BCUT2D eigenvalue weighted by Gasteiger charge is -2.25. The van der Waals surface area contributed by atoms with Crippen molar-refractivity contribution in [1.82, 2.24) is 0 Å². The van der Waals surface area contributed by atoms with Crippen molar-refractivity contribution in [2.45, 2.75) is 38.2 Å². The van der Waals surface area contributed by atoms with Crippen LogP contribution in [0.1, 0.15) is 32.1 Å².